The van der Waals surface area contributed by atoms with Gasteiger partial charge in [-0.3, -0.25) is 9.96 Å². The fraction of sp³-hybridized carbons (Fsp3) is 0.688. The molecule has 1 aliphatic carbocycles. The van der Waals surface area contributed by atoms with Crippen LogP contribution in [0.15, 0.2) is 10.6 Å². The third-order valence-corrected chi connectivity index (χ3v) is 6.36. The van der Waals surface area contributed by atoms with Crippen molar-refractivity contribution in [1.82, 2.24) is 25.8 Å². The lowest BCUT2D eigenvalue weighted by Crippen LogP contribution is -2.43. The van der Waals surface area contributed by atoms with Gasteiger partial charge in [0.2, 0.25) is 0 Å². The number of nitrogens with one attached hydrogen (secondary N) is 3. The van der Waals surface area contributed by atoms with E-state index in [9.17, 15) is 18.3 Å². The minimum Gasteiger partial charge on any atom is -0.384 e. The molecule has 3 atom stereocenters. The number of rotatable bonds is 9. The minimum absolute atomic E-state index is 0.137. The van der Waals surface area contributed by atoms with Gasteiger partial charge >= 0.3 is 16.4 Å². The Morgan fingerprint density at radius 2 is 2.23 bits per heavy atom. The average Bonchev–Trinajstić information content (AvgIpc) is 3.17. The number of aliphatic hydroxyl groups excluding tert-OH is 1. The van der Waals surface area contributed by atoms with Gasteiger partial charge in [-0.2, -0.15) is 13.5 Å². The molecule has 3 fully saturated rings. The highest BCUT2D eigenvalue weighted by molar-refractivity contribution is 7.80. The molecule has 1 spiro atoms. The molecule has 14 nitrogen and oxygen atoms in total. The van der Waals surface area contributed by atoms with Crippen LogP contribution < -0.4 is 16.4 Å². The van der Waals surface area contributed by atoms with E-state index >= 15 is 0 Å². The number of hydrogen-bond donors (Lipinski definition) is 6. The van der Waals surface area contributed by atoms with Crippen molar-refractivity contribution in [2.24, 2.45) is 11.1 Å². The number of nitrogens with two attached hydrogens (primary N) is 1. The Labute approximate surface area is 178 Å². The molecule has 3 heterocycles. The normalized spacial score (nSPS) is 25.2. The maximum atomic E-state index is 12.8. The maximum absolute atomic E-state index is 12.8. The van der Waals surface area contributed by atoms with Crippen LogP contribution in [0.4, 0.5) is 4.79 Å². The summed E-state index contributed by atoms with van der Waals surface area (Å²) >= 11 is 0. The molecule has 3 aliphatic rings. The Bertz CT molecular complexity index is 963. The molecule has 2 bridgehead atoms. The monoisotopic (exact) mass is 459 g/mol. The number of urea groups is 1. The topological polar surface area (TPSA) is 207 Å². The SMILES string of the molecule is N=C(N)NCCNC[C@@H](O)c1cc([C@@H]2CC3(CC3)[C@@H]3CN2C(=O)N3OS(=O)(=O)O)no1. The van der Waals surface area contributed by atoms with Crippen molar-refractivity contribution in [2.45, 2.75) is 37.5 Å². The van der Waals surface area contributed by atoms with Gasteiger partial charge in [-0.15, -0.1) is 4.28 Å². The molecule has 2 aliphatic heterocycles. The van der Waals surface area contributed by atoms with Gasteiger partial charge in [-0.25, -0.2) is 4.79 Å². The standard InChI is InChI=1S/C16H25N7O7S/c17-14(18)20-4-3-19-7-11(24)12-5-9(21-29-12)10-6-16(1-2-16)13-8-22(10)15(25)23(13)30-31(26,27)28/h5,10-11,13,19,24H,1-4,6-8H2,(H4,17,18,20)(H,26,27,28)/t10-,11+,13-/m0/s1. The second kappa shape index (κ2) is 7.90. The quantitative estimate of drug-likeness (QED) is 0.112. The molecule has 7 N–H and O–H groups in total. The second-order valence-corrected chi connectivity index (χ2v) is 9.08. The molecular weight excluding hydrogens is 434 g/mol. The van der Waals surface area contributed by atoms with E-state index < -0.39 is 34.6 Å². The first-order valence-corrected chi connectivity index (χ1v) is 11.2. The van der Waals surface area contributed by atoms with Crippen LogP contribution in [0.3, 0.4) is 0 Å². The number of aromatic nitrogens is 1. The minimum atomic E-state index is -4.83. The van der Waals surface area contributed by atoms with E-state index in [0.717, 1.165) is 17.9 Å². The first-order valence-electron chi connectivity index (χ1n) is 9.80. The highest BCUT2D eigenvalue weighted by atomic mass is 32.3. The van der Waals surface area contributed by atoms with Crippen LogP contribution in [0.1, 0.15) is 42.9 Å². The Morgan fingerprint density at radius 1 is 1.48 bits per heavy atom. The third-order valence-electron chi connectivity index (χ3n) is 6.01. The number of carbonyl (C=O) groups excluding carboxylic acids is 1. The van der Waals surface area contributed by atoms with Crippen molar-refractivity contribution in [3.8, 4) is 0 Å². The van der Waals surface area contributed by atoms with Crippen molar-refractivity contribution in [1.29, 1.82) is 5.41 Å². The van der Waals surface area contributed by atoms with Gasteiger partial charge < -0.3 is 30.9 Å². The number of hydrogen-bond acceptors (Lipinski definition) is 9. The maximum Gasteiger partial charge on any atom is 0.418 e. The molecule has 0 aromatic carbocycles. The zero-order chi connectivity index (χ0) is 22.4. The lowest BCUT2D eigenvalue weighted by molar-refractivity contribution is -0.0527. The number of nitrogens with zero attached hydrogens (tertiary/aromatic N) is 3. The molecule has 1 aromatic heterocycles. The summed E-state index contributed by atoms with van der Waals surface area (Å²) in [4.78, 5) is 14.2. The summed E-state index contributed by atoms with van der Waals surface area (Å²) in [6, 6.07) is -0.0105. The first-order chi connectivity index (χ1) is 14.6. The van der Waals surface area contributed by atoms with Gasteiger partial charge in [0, 0.05) is 32.2 Å². The molecule has 2 saturated heterocycles. The number of guanidine groups is 1. The largest absolute Gasteiger partial charge is 0.418 e. The van der Waals surface area contributed by atoms with E-state index in [1.807, 2.05) is 0 Å². The number of piperidine rings is 1. The number of hydroxylamine groups is 2. The van der Waals surface area contributed by atoms with Gasteiger partial charge in [-0.1, -0.05) is 5.16 Å². The molecule has 31 heavy (non-hydrogen) atoms. The van der Waals surface area contributed by atoms with Gasteiger partial charge in [0.25, 0.3) is 0 Å². The van der Waals surface area contributed by atoms with Crippen LogP contribution in [-0.2, 0) is 14.7 Å². The Hall–Kier alpha value is -2.46. The van der Waals surface area contributed by atoms with Crippen molar-refractivity contribution < 1.29 is 31.7 Å². The van der Waals surface area contributed by atoms with Crippen LogP contribution in [0.5, 0.6) is 0 Å². The number of aliphatic hydroxyl groups is 1. The molecular formula is C16H25N7O7S. The fourth-order valence-electron chi connectivity index (χ4n) is 4.32. The summed E-state index contributed by atoms with van der Waals surface area (Å²) in [6.07, 6.45) is 1.17. The van der Waals surface area contributed by atoms with Gasteiger partial charge in [0.1, 0.15) is 11.8 Å². The molecule has 4 rings (SSSR count). The van der Waals surface area contributed by atoms with Crippen molar-refractivity contribution in [3.05, 3.63) is 17.5 Å². The van der Waals surface area contributed by atoms with Gasteiger partial charge in [-0.05, 0) is 24.7 Å². The van der Waals surface area contributed by atoms with E-state index in [1.165, 1.54) is 4.90 Å². The fourth-order valence-corrected chi connectivity index (χ4v) is 4.69. The van der Waals surface area contributed by atoms with Crippen LogP contribution in [0, 0.1) is 10.8 Å². The zero-order valence-corrected chi connectivity index (χ0v) is 17.3. The van der Waals surface area contributed by atoms with Crippen molar-refractivity contribution >= 4 is 22.4 Å². The summed E-state index contributed by atoms with van der Waals surface area (Å²) in [5, 5.41) is 27.8. The highest BCUT2D eigenvalue weighted by Crippen LogP contribution is 2.61. The number of carbonyl (C=O) groups is 1. The third kappa shape index (κ3) is 4.45. The molecule has 2 amide bonds. The molecule has 1 saturated carbocycles. The molecule has 0 unspecified atom stereocenters. The molecule has 15 heteroatoms. The van der Waals surface area contributed by atoms with Crippen LogP contribution in [0.25, 0.3) is 0 Å². The first kappa shape index (κ1) is 21.8. The highest BCUT2D eigenvalue weighted by Gasteiger charge is 2.64. The average molecular weight is 459 g/mol. The molecule has 1 aromatic rings. The molecule has 0 radical (unpaired) electrons. The smallest absolute Gasteiger partial charge is 0.384 e. The van der Waals surface area contributed by atoms with E-state index in [2.05, 4.69) is 20.1 Å². The van der Waals surface area contributed by atoms with Crippen molar-refractivity contribution in [2.75, 3.05) is 26.2 Å². The van der Waals surface area contributed by atoms with E-state index in [1.54, 1.807) is 6.07 Å². The zero-order valence-electron chi connectivity index (χ0n) is 16.5. The summed E-state index contributed by atoms with van der Waals surface area (Å²) in [5.41, 5.74) is 5.34. The predicted molar refractivity (Wildman–Crippen MR) is 104 cm³/mol. The van der Waals surface area contributed by atoms with Gasteiger partial charge in [0.15, 0.2) is 11.7 Å². The Kier molecular flexibility index (Phi) is 5.55. The predicted octanol–water partition coefficient (Wildman–Crippen LogP) is -1.15. The van der Waals surface area contributed by atoms with E-state index in [0.29, 0.717) is 25.2 Å². The van der Waals surface area contributed by atoms with Crippen LogP contribution in [0.2, 0.25) is 0 Å². The van der Waals surface area contributed by atoms with Crippen molar-refractivity contribution in [3.63, 3.8) is 0 Å². The Morgan fingerprint density at radius 3 is 2.87 bits per heavy atom. The molecule has 172 valence electrons. The van der Waals surface area contributed by atoms with Gasteiger partial charge in [0.05, 0.1) is 12.1 Å². The van der Waals surface area contributed by atoms with E-state index in [4.69, 9.17) is 20.2 Å². The van der Waals surface area contributed by atoms with Crippen LogP contribution >= 0.6 is 0 Å². The summed E-state index contributed by atoms with van der Waals surface area (Å²) in [7, 11) is -4.83. The van der Waals surface area contributed by atoms with E-state index in [-0.39, 0.29) is 30.2 Å². The number of amides is 2. The second-order valence-electron chi connectivity index (χ2n) is 8.08. The lowest BCUT2D eigenvalue weighted by Gasteiger charge is -2.35. The summed E-state index contributed by atoms with van der Waals surface area (Å²) < 4.78 is 41.2. The Balaban J connectivity index is 1.42. The lowest BCUT2D eigenvalue weighted by atomic mass is 9.84. The summed E-state index contributed by atoms with van der Waals surface area (Å²) in [6.45, 7) is 1.32. The number of fused-ring (bicyclic) bond motifs is 3. The summed E-state index contributed by atoms with van der Waals surface area (Å²) in [5.74, 6) is 0.0917. The van der Waals surface area contributed by atoms with Crippen LogP contribution in [-0.4, -0.2) is 77.4 Å².